The van der Waals surface area contributed by atoms with Gasteiger partial charge in [0.25, 0.3) is 5.91 Å². The molecule has 1 fully saturated rings. The molecule has 1 saturated heterocycles. The Morgan fingerprint density at radius 1 is 0.926 bits per heavy atom. The van der Waals surface area contributed by atoms with Gasteiger partial charge in [-0.25, -0.2) is 17.6 Å². The van der Waals surface area contributed by atoms with Crippen LogP contribution in [0.4, 0.5) is 23.2 Å². The van der Waals surface area contributed by atoms with E-state index in [0.29, 0.717) is 4.47 Å². The number of carbonyl (C=O) groups excluding carboxylic acids is 1. The molecule has 27 heavy (non-hydrogen) atoms. The van der Waals surface area contributed by atoms with Gasteiger partial charge in [0.2, 0.25) is 0 Å². The molecule has 2 aromatic rings. The smallest absolute Gasteiger partial charge is 0.255 e. The number of nitrogens with zero attached hydrogens (tertiary/aromatic N) is 2. The molecule has 3 nitrogen and oxygen atoms in total. The molecule has 0 atom stereocenters. The number of hydrogen-bond donors (Lipinski definition) is 0. The van der Waals surface area contributed by atoms with Crippen LogP contribution in [0.15, 0.2) is 22.7 Å². The van der Waals surface area contributed by atoms with Crippen LogP contribution in [-0.4, -0.2) is 37.0 Å². The summed E-state index contributed by atoms with van der Waals surface area (Å²) in [7, 11) is 0. The lowest BCUT2D eigenvalue weighted by atomic mass is 10.1. The van der Waals surface area contributed by atoms with Crippen LogP contribution in [0.5, 0.6) is 0 Å². The molecule has 1 aliphatic rings. The van der Waals surface area contributed by atoms with Crippen molar-refractivity contribution in [2.75, 3.05) is 31.1 Å². The summed E-state index contributed by atoms with van der Waals surface area (Å²) in [4.78, 5) is 15.2. The number of rotatable bonds is 2. The van der Waals surface area contributed by atoms with Crippen molar-refractivity contribution in [3.05, 3.63) is 61.5 Å². The SMILES string of the molecule is O=C(c1cc(Br)ccc1Cl)N1CCN(c2c(F)c(F)c(Cl)c(F)c2F)CC1. The minimum Gasteiger partial charge on any atom is -0.363 e. The lowest BCUT2D eigenvalue weighted by molar-refractivity contribution is 0.0746. The molecule has 0 bridgehead atoms. The average Bonchev–Trinajstić information content (AvgIpc) is 2.67. The molecule has 10 heteroatoms. The van der Waals surface area contributed by atoms with Gasteiger partial charge in [0.1, 0.15) is 10.7 Å². The maximum atomic E-state index is 14.1. The predicted molar refractivity (Wildman–Crippen MR) is 98.6 cm³/mol. The van der Waals surface area contributed by atoms with E-state index in [9.17, 15) is 22.4 Å². The van der Waals surface area contributed by atoms with E-state index in [0.717, 1.165) is 4.90 Å². The zero-order chi connectivity index (χ0) is 19.9. The van der Waals surface area contributed by atoms with Gasteiger partial charge in [-0.15, -0.1) is 0 Å². The number of benzene rings is 2. The van der Waals surface area contributed by atoms with Crippen molar-refractivity contribution < 1.29 is 22.4 Å². The molecule has 1 aliphatic heterocycles. The lowest BCUT2D eigenvalue weighted by Gasteiger charge is -2.36. The molecule has 1 heterocycles. The first-order chi connectivity index (χ1) is 12.7. The number of halogens is 7. The van der Waals surface area contributed by atoms with Gasteiger partial charge >= 0.3 is 0 Å². The van der Waals surface area contributed by atoms with Gasteiger partial charge < -0.3 is 9.80 Å². The number of amides is 1. The van der Waals surface area contributed by atoms with Crippen LogP contribution in [0.2, 0.25) is 10.0 Å². The van der Waals surface area contributed by atoms with Crippen LogP contribution < -0.4 is 4.90 Å². The fourth-order valence-electron chi connectivity index (χ4n) is 2.84. The maximum absolute atomic E-state index is 14.1. The van der Waals surface area contributed by atoms with E-state index in [4.69, 9.17) is 23.2 Å². The molecule has 1 amide bonds. The van der Waals surface area contributed by atoms with E-state index >= 15 is 0 Å². The Bertz CT molecular complexity index is 891. The summed E-state index contributed by atoms with van der Waals surface area (Å²) in [5.74, 6) is -6.77. The highest BCUT2D eigenvalue weighted by Gasteiger charge is 2.31. The molecule has 0 aromatic heterocycles. The lowest BCUT2D eigenvalue weighted by Crippen LogP contribution is -2.49. The van der Waals surface area contributed by atoms with E-state index in [2.05, 4.69) is 15.9 Å². The van der Waals surface area contributed by atoms with Crippen molar-refractivity contribution >= 4 is 50.7 Å². The van der Waals surface area contributed by atoms with Crippen LogP contribution >= 0.6 is 39.1 Å². The summed E-state index contributed by atoms with van der Waals surface area (Å²) in [6, 6.07) is 4.83. The zero-order valence-electron chi connectivity index (χ0n) is 13.5. The highest BCUT2D eigenvalue weighted by atomic mass is 79.9. The predicted octanol–water partition coefficient (Wildman–Crippen LogP) is 5.27. The standard InChI is InChI=1S/C17H11BrCl2F4N2O/c18-8-1-2-10(19)9(7-8)17(27)26-5-3-25(4-6-26)16-14(23)12(21)11(20)13(22)15(16)24/h1-2,7H,3-6H2. The summed E-state index contributed by atoms with van der Waals surface area (Å²) in [6.07, 6.45) is 0. The number of piperazine rings is 1. The average molecular weight is 486 g/mol. The van der Waals surface area contributed by atoms with Crippen molar-refractivity contribution in [1.29, 1.82) is 0 Å². The van der Waals surface area contributed by atoms with Crippen molar-refractivity contribution in [3.8, 4) is 0 Å². The van der Waals surface area contributed by atoms with Gasteiger partial charge in [-0.1, -0.05) is 39.1 Å². The van der Waals surface area contributed by atoms with Crippen molar-refractivity contribution in [2.24, 2.45) is 0 Å². The normalized spacial score (nSPS) is 14.6. The molecule has 0 saturated carbocycles. The molecule has 0 aliphatic carbocycles. The fraction of sp³-hybridized carbons (Fsp3) is 0.235. The quantitative estimate of drug-likeness (QED) is 0.328. The largest absolute Gasteiger partial charge is 0.363 e. The summed E-state index contributed by atoms with van der Waals surface area (Å²) in [6.45, 7) is 0.135. The number of anilines is 1. The van der Waals surface area contributed by atoms with Crippen molar-refractivity contribution in [2.45, 2.75) is 0 Å². The van der Waals surface area contributed by atoms with Crippen LogP contribution in [0, 0.1) is 23.3 Å². The first kappa shape index (κ1) is 20.2. The molecule has 3 rings (SSSR count). The molecule has 0 spiro atoms. The monoisotopic (exact) mass is 484 g/mol. The summed E-state index contributed by atoms with van der Waals surface area (Å²) >= 11 is 14.6. The maximum Gasteiger partial charge on any atom is 0.255 e. The Hall–Kier alpha value is -1.51. The van der Waals surface area contributed by atoms with Gasteiger partial charge in [0.05, 0.1) is 10.6 Å². The van der Waals surface area contributed by atoms with Crippen LogP contribution in [-0.2, 0) is 0 Å². The minimum atomic E-state index is -1.65. The highest BCUT2D eigenvalue weighted by Crippen LogP contribution is 2.34. The zero-order valence-corrected chi connectivity index (χ0v) is 16.6. The Morgan fingerprint density at radius 2 is 1.48 bits per heavy atom. The Labute approximate surface area is 170 Å². The Morgan fingerprint density at radius 3 is 2.04 bits per heavy atom. The molecule has 0 N–H and O–H groups in total. The first-order valence-electron chi connectivity index (χ1n) is 7.73. The third kappa shape index (κ3) is 3.75. The Balaban J connectivity index is 1.80. The number of hydrogen-bond acceptors (Lipinski definition) is 2. The van der Waals surface area contributed by atoms with Crippen molar-refractivity contribution in [1.82, 2.24) is 4.90 Å². The summed E-state index contributed by atoms with van der Waals surface area (Å²) in [5, 5.41) is -0.962. The van der Waals surface area contributed by atoms with E-state index in [-0.39, 0.29) is 42.7 Å². The van der Waals surface area contributed by atoms with Crippen LogP contribution in [0.3, 0.4) is 0 Å². The third-order valence-corrected chi connectivity index (χ3v) is 5.38. The second-order valence-corrected chi connectivity index (χ2v) is 7.52. The minimum absolute atomic E-state index is 0.0221. The van der Waals surface area contributed by atoms with Crippen LogP contribution in [0.1, 0.15) is 10.4 Å². The van der Waals surface area contributed by atoms with E-state index in [1.165, 1.54) is 4.90 Å². The van der Waals surface area contributed by atoms with Crippen molar-refractivity contribution in [3.63, 3.8) is 0 Å². The molecular formula is C17H11BrCl2F4N2O. The molecular weight excluding hydrogens is 475 g/mol. The highest BCUT2D eigenvalue weighted by molar-refractivity contribution is 9.10. The molecule has 144 valence electrons. The molecule has 2 aromatic carbocycles. The van der Waals surface area contributed by atoms with Gasteiger partial charge in [-0.05, 0) is 18.2 Å². The number of carbonyl (C=O) groups is 1. The molecule has 0 radical (unpaired) electrons. The van der Waals surface area contributed by atoms with Gasteiger partial charge in [0.15, 0.2) is 23.3 Å². The first-order valence-corrected chi connectivity index (χ1v) is 9.28. The summed E-state index contributed by atoms with van der Waals surface area (Å²) < 4.78 is 56.2. The topological polar surface area (TPSA) is 23.6 Å². The fourth-order valence-corrected chi connectivity index (χ4v) is 3.56. The summed E-state index contributed by atoms with van der Waals surface area (Å²) in [5.41, 5.74) is -0.553. The van der Waals surface area contributed by atoms with E-state index in [1.807, 2.05) is 0 Å². The second-order valence-electron chi connectivity index (χ2n) is 5.82. The Kier molecular flexibility index (Phi) is 5.88. The third-order valence-electron chi connectivity index (χ3n) is 4.23. The molecule has 0 unspecified atom stereocenters. The van der Waals surface area contributed by atoms with Gasteiger partial charge in [-0.2, -0.15) is 0 Å². The van der Waals surface area contributed by atoms with E-state index < -0.39 is 34.0 Å². The van der Waals surface area contributed by atoms with Crippen LogP contribution in [0.25, 0.3) is 0 Å². The van der Waals surface area contributed by atoms with E-state index in [1.54, 1.807) is 18.2 Å². The van der Waals surface area contributed by atoms with Gasteiger partial charge in [0, 0.05) is 30.7 Å². The van der Waals surface area contributed by atoms with Gasteiger partial charge in [-0.3, -0.25) is 4.79 Å². The second kappa shape index (κ2) is 7.85.